The van der Waals surface area contributed by atoms with Crippen LogP contribution in [-0.2, 0) is 19.1 Å². The Labute approximate surface area is 204 Å². The third-order valence-electron chi connectivity index (χ3n) is 5.26. The first-order valence-electron chi connectivity index (χ1n) is 11.3. The van der Waals surface area contributed by atoms with Gasteiger partial charge < -0.3 is 4.74 Å². The van der Waals surface area contributed by atoms with Crippen molar-refractivity contribution in [2.45, 2.75) is 68.8 Å². The Balaban J connectivity index is 1.26. The number of alkyl halides is 1. The van der Waals surface area contributed by atoms with Crippen molar-refractivity contribution in [3.63, 3.8) is 0 Å². The van der Waals surface area contributed by atoms with E-state index in [9.17, 15) is 4.79 Å². The third kappa shape index (κ3) is 7.03. The molecule has 2 aromatic rings. The van der Waals surface area contributed by atoms with Crippen LogP contribution in [-0.4, -0.2) is 56.6 Å². The summed E-state index contributed by atoms with van der Waals surface area (Å²) in [6.07, 6.45) is 7.38. The minimum absolute atomic E-state index is 0.00557. The van der Waals surface area contributed by atoms with Gasteiger partial charge in [0.25, 0.3) is 0 Å². The van der Waals surface area contributed by atoms with Crippen molar-refractivity contribution in [1.29, 1.82) is 0 Å². The topological polar surface area (TPSA) is 96.2 Å². The fraction of sp³-hybridized carbons (Fsp3) is 0.609. The van der Waals surface area contributed by atoms with Gasteiger partial charge in [0, 0.05) is 6.54 Å². The predicted octanol–water partition coefficient (Wildman–Crippen LogP) is 1.17. The molecule has 0 N–H and O–H groups in total. The van der Waals surface area contributed by atoms with Gasteiger partial charge in [-0.3, -0.25) is 0 Å². The van der Waals surface area contributed by atoms with Gasteiger partial charge in [0.05, 0.1) is 0 Å². The fourth-order valence-electron chi connectivity index (χ4n) is 3.45. The Kier molecular flexibility index (Phi) is 8.07. The number of pyridine rings is 1. The maximum atomic E-state index is 12.3. The number of aromatic nitrogens is 2. The predicted molar refractivity (Wildman–Crippen MR) is 115 cm³/mol. The van der Waals surface area contributed by atoms with E-state index < -0.39 is 27.2 Å². The molecule has 4 heterocycles. The first-order chi connectivity index (χ1) is 15.9. The van der Waals surface area contributed by atoms with Crippen LogP contribution >= 0.6 is 0 Å². The molecule has 2 aliphatic rings. The summed E-state index contributed by atoms with van der Waals surface area (Å²) >= 11 is -0.471. The Bertz CT molecular complexity index is 925. The van der Waals surface area contributed by atoms with Gasteiger partial charge in [0.15, 0.2) is 0 Å². The SMILES string of the molecule is CC(C)(C)OC(=O)N1CC[C@H]1COc1cncc(-c2cc(CO[I-]C3CCCCO3)no2)c1. The van der Waals surface area contributed by atoms with E-state index in [-0.39, 0.29) is 16.2 Å². The standard InChI is InChI=1S/C23H31IN3O6/c1-23(2,3)32-22(28)27-8-7-18(27)15-30-19-10-16(12-25-13-19)20-11-17(26-33-20)14-31-24-21-6-4-5-9-29-21/h10-13,18,21H,4-9,14-15H2,1-3H3/q-1/t18-,21?/m0/s1. The summed E-state index contributed by atoms with van der Waals surface area (Å²) in [5.41, 5.74) is 1.01. The molecule has 1 amide bonds. The first kappa shape index (κ1) is 24.2. The van der Waals surface area contributed by atoms with Crippen molar-refractivity contribution in [1.82, 2.24) is 15.0 Å². The van der Waals surface area contributed by atoms with Gasteiger partial charge in [-0.05, 0) is 20.8 Å². The Hall–Kier alpha value is -1.92. The summed E-state index contributed by atoms with van der Waals surface area (Å²) in [6, 6.07) is 3.72. The van der Waals surface area contributed by atoms with Crippen molar-refractivity contribution in [3.8, 4) is 17.1 Å². The number of hydrogen-bond donors (Lipinski definition) is 0. The summed E-state index contributed by atoms with van der Waals surface area (Å²) < 4.78 is 28.7. The van der Waals surface area contributed by atoms with Crippen LogP contribution in [0.3, 0.4) is 0 Å². The molecule has 2 atom stereocenters. The Morgan fingerprint density at radius 1 is 1.24 bits per heavy atom. The van der Waals surface area contributed by atoms with E-state index in [1.54, 1.807) is 17.3 Å². The number of nitrogens with zero attached hydrogens (tertiary/aromatic N) is 3. The zero-order valence-electron chi connectivity index (χ0n) is 19.3. The monoisotopic (exact) mass is 572 g/mol. The molecule has 0 aliphatic carbocycles. The van der Waals surface area contributed by atoms with E-state index in [1.807, 2.05) is 32.9 Å². The van der Waals surface area contributed by atoms with Gasteiger partial charge in [0.2, 0.25) is 0 Å². The molecule has 0 spiro atoms. The second-order valence-electron chi connectivity index (χ2n) is 9.14. The van der Waals surface area contributed by atoms with Crippen molar-refractivity contribution < 1.29 is 48.2 Å². The second-order valence-corrected chi connectivity index (χ2v) is 11.7. The van der Waals surface area contributed by atoms with Gasteiger partial charge in [-0.1, -0.05) is 0 Å². The second kappa shape index (κ2) is 11.0. The summed E-state index contributed by atoms with van der Waals surface area (Å²) in [7, 11) is 0. The molecule has 182 valence electrons. The van der Waals surface area contributed by atoms with Crippen LogP contribution in [0.2, 0.25) is 0 Å². The van der Waals surface area contributed by atoms with Gasteiger partial charge in [-0.15, -0.1) is 0 Å². The Morgan fingerprint density at radius 3 is 2.85 bits per heavy atom. The quantitative estimate of drug-likeness (QED) is 0.344. The Morgan fingerprint density at radius 2 is 2.12 bits per heavy atom. The average Bonchev–Trinajstić information content (AvgIpc) is 3.22. The number of ether oxygens (including phenoxy) is 3. The minimum atomic E-state index is -0.511. The molecular formula is C23H31IN3O6-. The fourth-order valence-corrected chi connectivity index (χ4v) is 5.44. The molecule has 9 nitrogen and oxygen atoms in total. The van der Waals surface area contributed by atoms with Crippen LogP contribution in [0.1, 0.15) is 52.1 Å². The molecule has 4 rings (SSSR count). The number of carbonyl (C=O) groups is 1. The van der Waals surface area contributed by atoms with E-state index >= 15 is 0 Å². The van der Waals surface area contributed by atoms with E-state index in [1.165, 1.54) is 6.42 Å². The molecule has 2 aromatic heterocycles. The van der Waals surface area contributed by atoms with Crippen LogP contribution in [0.15, 0.2) is 29.0 Å². The number of likely N-dealkylation sites (tertiary alicyclic amines) is 1. The van der Waals surface area contributed by atoms with Crippen LogP contribution in [0.5, 0.6) is 5.75 Å². The van der Waals surface area contributed by atoms with Gasteiger partial charge in [-0.2, -0.15) is 0 Å². The van der Waals surface area contributed by atoms with Gasteiger partial charge in [-0.25, -0.2) is 4.79 Å². The maximum absolute atomic E-state index is 12.3. The number of halogens is 1. The number of hydrogen-bond acceptors (Lipinski definition) is 8. The van der Waals surface area contributed by atoms with Crippen molar-refractivity contribution in [2.75, 3.05) is 19.8 Å². The third-order valence-corrected chi connectivity index (χ3v) is 7.48. The van der Waals surface area contributed by atoms with Crippen molar-refractivity contribution >= 4 is 6.09 Å². The number of carbonyl (C=O) groups excluding carboxylic acids is 1. The summed E-state index contributed by atoms with van der Waals surface area (Å²) in [5.74, 6) is 1.22. The molecule has 2 saturated heterocycles. The molecule has 2 fully saturated rings. The summed E-state index contributed by atoms with van der Waals surface area (Å²) in [4.78, 5) is 18.2. The molecule has 2 aliphatic heterocycles. The zero-order chi connectivity index (χ0) is 23.3. The molecule has 10 heteroatoms. The molecule has 1 unspecified atom stereocenters. The van der Waals surface area contributed by atoms with Crippen molar-refractivity contribution in [2.24, 2.45) is 0 Å². The van der Waals surface area contributed by atoms with Crippen LogP contribution in [0.25, 0.3) is 11.3 Å². The van der Waals surface area contributed by atoms with Crippen LogP contribution in [0.4, 0.5) is 4.79 Å². The van der Waals surface area contributed by atoms with E-state index in [0.717, 1.165) is 37.1 Å². The number of amides is 1. The first-order valence-corrected chi connectivity index (χ1v) is 13.4. The zero-order valence-corrected chi connectivity index (χ0v) is 21.4. The molecular weight excluding hydrogens is 541 g/mol. The van der Waals surface area contributed by atoms with Gasteiger partial charge in [0.1, 0.15) is 5.60 Å². The van der Waals surface area contributed by atoms with E-state index in [2.05, 4.69) is 10.1 Å². The van der Waals surface area contributed by atoms with Crippen LogP contribution < -0.4 is 26.4 Å². The molecule has 0 aromatic carbocycles. The molecule has 0 saturated carbocycles. The van der Waals surface area contributed by atoms with Gasteiger partial charge >= 0.3 is 163 Å². The van der Waals surface area contributed by atoms with Crippen molar-refractivity contribution in [3.05, 3.63) is 30.2 Å². The average molecular weight is 572 g/mol. The molecule has 0 bridgehead atoms. The molecule has 33 heavy (non-hydrogen) atoms. The van der Waals surface area contributed by atoms with E-state index in [4.69, 9.17) is 21.8 Å². The van der Waals surface area contributed by atoms with Crippen LogP contribution in [0, 0.1) is 0 Å². The summed E-state index contributed by atoms with van der Waals surface area (Å²) in [5, 5.41) is 4.11. The summed E-state index contributed by atoms with van der Waals surface area (Å²) in [6.45, 7) is 7.91. The normalized spacial score (nSPS) is 21.0. The molecule has 0 radical (unpaired) electrons. The number of rotatable bonds is 8. The van der Waals surface area contributed by atoms with E-state index in [0.29, 0.717) is 31.3 Å².